The van der Waals surface area contributed by atoms with Crippen molar-refractivity contribution in [2.75, 3.05) is 20.6 Å². The van der Waals surface area contributed by atoms with E-state index in [1.807, 2.05) is 21.0 Å². The number of hydrogen-bond acceptors (Lipinski definition) is 3. The van der Waals surface area contributed by atoms with E-state index in [-0.39, 0.29) is 0 Å². The zero-order chi connectivity index (χ0) is 11.7. The summed E-state index contributed by atoms with van der Waals surface area (Å²) < 4.78 is 0. The molecule has 0 spiro atoms. The molecule has 15 heavy (non-hydrogen) atoms. The second-order valence-corrected chi connectivity index (χ2v) is 2.76. The number of rotatable bonds is 7. The molecule has 0 aliphatic rings. The third kappa shape index (κ3) is 5.51. The Bertz CT molecular complexity index is 246. The number of nitrogens with zero attached hydrogens (tertiary/aromatic N) is 5. The van der Waals surface area contributed by atoms with E-state index >= 15 is 0 Å². The molecule has 0 N–H and O–H groups in total. The molecule has 0 unspecified atom stereocenters. The minimum atomic E-state index is 0.776. The monoisotopic (exact) mass is 209 g/mol. The molecule has 0 aromatic carbocycles. The Balaban J connectivity index is 4.07. The Morgan fingerprint density at radius 2 is 1.80 bits per heavy atom. The first-order chi connectivity index (χ1) is 7.15. The summed E-state index contributed by atoms with van der Waals surface area (Å²) >= 11 is 0. The molecule has 0 aliphatic heterocycles. The van der Waals surface area contributed by atoms with Crippen molar-refractivity contribution in [1.82, 2.24) is 15.0 Å². The normalized spacial score (nSPS) is 10.6. The van der Waals surface area contributed by atoms with Crippen molar-refractivity contribution in [3.8, 4) is 0 Å². The quantitative estimate of drug-likeness (QED) is 0.360. The van der Waals surface area contributed by atoms with Gasteiger partial charge in [0.2, 0.25) is 0 Å². The van der Waals surface area contributed by atoms with Crippen molar-refractivity contribution in [2.24, 2.45) is 10.1 Å². The number of hydrazone groups is 1. The highest BCUT2D eigenvalue weighted by Gasteiger charge is 1.91. The predicted molar refractivity (Wildman–Crippen MR) is 65.3 cm³/mol. The summed E-state index contributed by atoms with van der Waals surface area (Å²) in [4.78, 5) is 4.01. The average Bonchev–Trinajstić information content (AvgIpc) is 2.27. The molecule has 0 saturated carbocycles. The van der Waals surface area contributed by atoms with Crippen molar-refractivity contribution in [3.63, 3.8) is 0 Å². The van der Waals surface area contributed by atoms with Gasteiger partial charge in [-0.3, -0.25) is 15.0 Å². The number of hydrogen-bond donors (Lipinski definition) is 0. The molecule has 84 valence electrons. The van der Waals surface area contributed by atoms with Gasteiger partial charge in [-0.25, -0.2) is 4.99 Å². The van der Waals surface area contributed by atoms with Crippen LogP contribution in [-0.2, 0) is 0 Å². The van der Waals surface area contributed by atoms with Crippen LogP contribution in [0.1, 0.15) is 6.92 Å². The first-order valence-corrected chi connectivity index (χ1v) is 4.68. The third-order valence-electron chi connectivity index (χ3n) is 1.80. The fourth-order valence-electron chi connectivity index (χ4n) is 0.691. The van der Waals surface area contributed by atoms with Gasteiger partial charge in [0, 0.05) is 33.0 Å². The van der Waals surface area contributed by atoms with Crippen LogP contribution in [-0.4, -0.2) is 48.3 Å². The molecule has 5 heteroatoms. The van der Waals surface area contributed by atoms with Crippen molar-refractivity contribution in [1.29, 1.82) is 0 Å². The summed E-state index contributed by atoms with van der Waals surface area (Å²) in [6.07, 6.45) is 6.44. The molecule has 0 aromatic rings. The van der Waals surface area contributed by atoms with Gasteiger partial charge in [-0.05, 0) is 6.92 Å². The fraction of sp³-hybridized carbons (Fsp3) is 0.400. The lowest BCUT2D eigenvalue weighted by atomic mass is 10.7. The van der Waals surface area contributed by atoms with E-state index in [2.05, 4.69) is 23.3 Å². The first kappa shape index (κ1) is 13.2. The van der Waals surface area contributed by atoms with Gasteiger partial charge in [0.1, 0.15) is 12.7 Å². The predicted octanol–water partition coefficient (Wildman–Crippen LogP) is 1.35. The first-order valence-electron chi connectivity index (χ1n) is 4.68. The van der Waals surface area contributed by atoms with Crippen molar-refractivity contribution >= 4 is 12.7 Å². The van der Waals surface area contributed by atoms with Gasteiger partial charge in [-0.1, -0.05) is 13.2 Å². The summed E-state index contributed by atoms with van der Waals surface area (Å²) in [5, 5.41) is 9.30. The van der Waals surface area contributed by atoms with Gasteiger partial charge in [-0.15, -0.1) is 0 Å². The van der Waals surface area contributed by atoms with Gasteiger partial charge in [-0.2, -0.15) is 5.10 Å². The Morgan fingerprint density at radius 1 is 1.13 bits per heavy atom. The van der Waals surface area contributed by atoms with E-state index in [0.717, 1.165) is 6.54 Å². The van der Waals surface area contributed by atoms with Crippen LogP contribution in [0.25, 0.3) is 0 Å². The lowest BCUT2D eigenvalue weighted by molar-refractivity contribution is 0.183. The van der Waals surface area contributed by atoms with Gasteiger partial charge in [0.05, 0.1) is 0 Å². The third-order valence-corrected chi connectivity index (χ3v) is 1.80. The van der Waals surface area contributed by atoms with Crippen LogP contribution < -0.4 is 0 Å². The molecule has 0 amide bonds. The van der Waals surface area contributed by atoms with Crippen molar-refractivity contribution < 1.29 is 0 Å². The van der Waals surface area contributed by atoms with Crippen LogP contribution in [0.2, 0.25) is 0 Å². The second kappa shape index (κ2) is 7.61. The largest absolute Gasteiger partial charge is 0.296 e. The summed E-state index contributed by atoms with van der Waals surface area (Å²) in [5.74, 6) is 0. The Labute approximate surface area is 91.7 Å². The molecule has 0 aromatic heterocycles. The summed E-state index contributed by atoms with van der Waals surface area (Å²) in [6.45, 7) is 10.0. The highest BCUT2D eigenvalue weighted by molar-refractivity contribution is 5.70. The average molecular weight is 209 g/mol. The number of hydrazine groups is 1. The van der Waals surface area contributed by atoms with E-state index in [1.54, 1.807) is 33.8 Å². The highest BCUT2D eigenvalue weighted by Crippen LogP contribution is 1.88. The van der Waals surface area contributed by atoms with Gasteiger partial charge >= 0.3 is 0 Å². The molecular weight excluding hydrogens is 190 g/mol. The smallest absolute Gasteiger partial charge is 0.137 e. The molecule has 0 rings (SSSR count). The maximum absolute atomic E-state index is 4.04. The standard InChI is InChI=1S/C10H19N5/c1-6-13(4)14(5)10-11-9-12-15(7-2)8-3/h6-7,9-10H,1-2,8H2,3-5H3/b11-10-,12-9-. The van der Waals surface area contributed by atoms with Crippen LogP contribution in [0.4, 0.5) is 0 Å². The van der Waals surface area contributed by atoms with E-state index in [0.29, 0.717) is 0 Å². The summed E-state index contributed by atoms with van der Waals surface area (Å²) in [7, 11) is 3.74. The SMILES string of the molecule is C=CN(CC)/N=C\N=C/N(C)N(C)C=C. The van der Waals surface area contributed by atoms with Crippen LogP contribution in [0, 0.1) is 0 Å². The van der Waals surface area contributed by atoms with Crippen molar-refractivity contribution in [2.45, 2.75) is 6.92 Å². The van der Waals surface area contributed by atoms with E-state index < -0.39 is 0 Å². The molecule has 5 nitrogen and oxygen atoms in total. The molecule has 0 radical (unpaired) electrons. The van der Waals surface area contributed by atoms with E-state index in [9.17, 15) is 0 Å². The van der Waals surface area contributed by atoms with Crippen LogP contribution in [0.3, 0.4) is 0 Å². The van der Waals surface area contributed by atoms with Crippen LogP contribution in [0.15, 0.2) is 35.7 Å². The lowest BCUT2D eigenvalue weighted by Gasteiger charge is -2.23. The Kier molecular flexibility index (Phi) is 6.70. The fourth-order valence-corrected chi connectivity index (χ4v) is 0.691. The molecule has 0 atom stereocenters. The van der Waals surface area contributed by atoms with Crippen LogP contribution >= 0.6 is 0 Å². The van der Waals surface area contributed by atoms with E-state index in [1.165, 1.54) is 6.34 Å². The maximum Gasteiger partial charge on any atom is 0.137 e. The molecule has 0 fully saturated rings. The Hall–Kier alpha value is -1.78. The zero-order valence-corrected chi connectivity index (χ0v) is 9.67. The molecule has 0 saturated heterocycles. The summed E-state index contributed by atoms with van der Waals surface area (Å²) in [5.41, 5.74) is 0. The van der Waals surface area contributed by atoms with Crippen LogP contribution in [0.5, 0.6) is 0 Å². The number of aliphatic imine (C=N–C) groups is 1. The van der Waals surface area contributed by atoms with E-state index in [4.69, 9.17) is 0 Å². The molecule has 0 aliphatic carbocycles. The second-order valence-electron chi connectivity index (χ2n) is 2.76. The highest BCUT2D eigenvalue weighted by atomic mass is 15.6. The minimum absolute atomic E-state index is 0.776. The molecular formula is C10H19N5. The van der Waals surface area contributed by atoms with Gasteiger partial charge < -0.3 is 0 Å². The lowest BCUT2D eigenvalue weighted by Crippen LogP contribution is -2.30. The van der Waals surface area contributed by atoms with Gasteiger partial charge in [0.15, 0.2) is 0 Å². The minimum Gasteiger partial charge on any atom is -0.296 e. The molecule has 0 heterocycles. The molecule has 0 bridgehead atoms. The van der Waals surface area contributed by atoms with Gasteiger partial charge in [0.25, 0.3) is 0 Å². The van der Waals surface area contributed by atoms with Crippen molar-refractivity contribution in [3.05, 3.63) is 25.6 Å². The Morgan fingerprint density at radius 3 is 2.27 bits per heavy atom. The summed E-state index contributed by atoms with van der Waals surface area (Å²) in [6, 6.07) is 0. The zero-order valence-electron chi connectivity index (χ0n) is 9.67. The maximum atomic E-state index is 4.04. The topological polar surface area (TPSA) is 34.4 Å².